The first-order valence-electron chi connectivity index (χ1n) is 4.42. The highest BCUT2D eigenvalue weighted by Crippen LogP contribution is 2.23. The summed E-state index contributed by atoms with van der Waals surface area (Å²) in [5.41, 5.74) is 3.70. The first kappa shape index (κ1) is 12.3. The molecule has 0 spiro atoms. The van der Waals surface area contributed by atoms with Crippen LogP contribution in [-0.2, 0) is 0 Å². The Labute approximate surface area is 87.2 Å². The second-order valence-corrected chi connectivity index (χ2v) is 3.52. The molecule has 0 aliphatic carbocycles. The Bertz CT molecular complexity index is 267. The third kappa shape index (κ3) is 3.69. The summed E-state index contributed by atoms with van der Waals surface area (Å²) in [5.74, 6) is 0. The molecule has 0 aliphatic rings. The lowest BCUT2D eigenvalue weighted by atomic mass is 10.00. The van der Waals surface area contributed by atoms with Crippen LogP contribution in [0.5, 0.6) is 0 Å². The number of allylic oxidation sites excluding steroid dienone is 5. The maximum Gasteiger partial charge on any atom is -0.000000509 e. The van der Waals surface area contributed by atoms with Crippen LogP contribution in [0.25, 0.3) is 0 Å². The molecule has 0 radical (unpaired) electrons. The van der Waals surface area contributed by atoms with Crippen molar-refractivity contribution in [2.75, 3.05) is 0 Å². The Balaban J connectivity index is 5.03. The number of hydrogen-bond acceptors (Lipinski definition) is 1. The van der Waals surface area contributed by atoms with Crippen molar-refractivity contribution < 1.29 is 0 Å². The molecule has 0 rings (SSSR count). The zero-order valence-electron chi connectivity index (χ0n) is 8.72. The van der Waals surface area contributed by atoms with Crippen molar-refractivity contribution in [1.29, 1.82) is 0 Å². The molecule has 0 bridgehead atoms. The molecule has 0 amide bonds. The van der Waals surface area contributed by atoms with Crippen molar-refractivity contribution >= 4 is 12.6 Å². The van der Waals surface area contributed by atoms with Crippen LogP contribution in [-0.4, -0.2) is 0 Å². The van der Waals surface area contributed by atoms with Gasteiger partial charge in [0.25, 0.3) is 0 Å². The van der Waals surface area contributed by atoms with Gasteiger partial charge in [0, 0.05) is 0 Å². The van der Waals surface area contributed by atoms with Gasteiger partial charge in [-0.05, 0) is 41.9 Å². The molecular formula is C12H18S. The summed E-state index contributed by atoms with van der Waals surface area (Å²) in [6.07, 6.45) is 4.86. The summed E-state index contributed by atoms with van der Waals surface area (Å²) in [7, 11) is 0. The van der Waals surface area contributed by atoms with E-state index in [0.717, 1.165) is 16.9 Å². The topological polar surface area (TPSA) is 0 Å². The van der Waals surface area contributed by atoms with Crippen LogP contribution in [0, 0.1) is 0 Å². The normalized spacial score (nSPS) is 13.7. The molecule has 0 aromatic carbocycles. The fourth-order valence-corrected chi connectivity index (χ4v) is 1.28. The molecule has 0 aliphatic heterocycles. The van der Waals surface area contributed by atoms with E-state index in [2.05, 4.69) is 39.6 Å². The number of hydrogen-bond donors (Lipinski definition) is 1. The van der Waals surface area contributed by atoms with E-state index in [0.29, 0.717) is 0 Å². The minimum absolute atomic E-state index is 0.834. The third-order valence-corrected chi connectivity index (χ3v) is 2.51. The average Bonchev–Trinajstić information content (AvgIpc) is 2.11. The van der Waals surface area contributed by atoms with Gasteiger partial charge in [0.05, 0.1) is 0 Å². The lowest BCUT2D eigenvalue weighted by molar-refractivity contribution is 1.09. The molecule has 0 N–H and O–H groups in total. The van der Waals surface area contributed by atoms with Crippen LogP contribution in [0.3, 0.4) is 0 Å². The van der Waals surface area contributed by atoms with Gasteiger partial charge in [-0.1, -0.05) is 32.2 Å². The van der Waals surface area contributed by atoms with Gasteiger partial charge in [-0.3, -0.25) is 0 Å². The van der Waals surface area contributed by atoms with Crippen molar-refractivity contribution in [2.45, 2.75) is 27.2 Å². The van der Waals surface area contributed by atoms with Crippen molar-refractivity contribution in [3.63, 3.8) is 0 Å². The lowest BCUT2D eigenvalue weighted by Gasteiger charge is -2.09. The van der Waals surface area contributed by atoms with Gasteiger partial charge in [0.2, 0.25) is 0 Å². The fourth-order valence-electron chi connectivity index (χ4n) is 1.11. The molecule has 0 unspecified atom stereocenters. The Morgan fingerprint density at radius 1 is 1.31 bits per heavy atom. The number of thiol groups is 1. The van der Waals surface area contributed by atoms with Gasteiger partial charge in [0.1, 0.15) is 0 Å². The van der Waals surface area contributed by atoms with Crippen LogP contribution in [0.1, 0.15) is 27.2 Å². The van der Waals surface area contributed by atoms with E-state index in [1.54, 1.807) is 0 Å². The van der Waals surface area contributed by atoms with Gasteiger partial charge in [-0.2, -0.15) is 0 Å². The van der Waals surface area contributed by atoms with Gasteiger partial charge in [-0.15, -0.1) is 12.6 Å². The highest BCUT2D eigenvalue weighted by atomic mass is 32.1. The summed E-state index contributed by atoms with van der Waals surface area (Å²) in [4.78, 5) is 0.834. The monoisotopic (exact) mass is 194 g/mol. The fraction of sp³-hybridized carbons (Fsp3) is 0.333. The number of rotatable bonds is 4. The largest absolute Gasteiger partial charge is 0.144 e. The smallest absolute Gasteiger partial charge is 0.000000509 e. The summed E-state index contributed by atoms with van der Waals surface area (Å²) < 4.78 is 0. The van der Waals surface area contributed by atoms with Gasteiger partial charge >= 0.3 is 0 Å². The molecule has 0 nitrogen and oxygen atoms in total. The summed E-state index contributed by atoms with van der Waals surface area (Å²) in [6, 6.07) is 0. The maximum absolute atomic E-state index is 4.23. The van der Waals surface area contributed by atoms with E-state index in [1.165, 1.54) is 11.1 Å². The summed E-state index contributed by atoms with van der Waals surface area (Å²) in [5, 5.41) is 0. The zero-order chi connectivity index (χ0) is 10.4. The average molecular weight is 194 g/mol. The molecule has 72 valence electrons. The van der Waals surface area contributed by atoms with Gasteiger partial charge in [-0.25, -0.2) is 0 Å². The van der Waals surface area contributed by atoms with Crippen molar-refractivity contribution in [3.8, 4) is 0 Å². The van der Waals surface area contributed by atoms with Gasteiger partial charge < -0.3 is 0 Å². The molecule has 0 fully saturated rings. The lowest BCUT2D eigenvalue weighted by Crippen LogP contribution is -1.88. The predicted octanol–water partition coefficient (Wildman–Crippen LogP) is 4.29. The standard InChI is InChI=1S/C12H18S/c1-6-8-12(7-2)10(4)9(3)11(5)13/h6,8,13H,1,5,7H2,2-4H3/b10-9+,12-8-. The highest BCUT2D eigenvalue weighted by Gasteiger charge is 2.01. The molecule has 0 aromatic heterocycles. The van der Waals surface area contributed by atoms with Crippen molar-refractivity contribution in [1.82, 2.24) is 0 Å². The minimum atomic E-state index is 0.834. The Morgan fingerprint density at radius 2 is 1.85 bits per heavy atom. The van der Waals surface area contributed by atoms with Crippen LogP contribution in [0.15, 0.2) is 46.9 Å². The minimum Gasteiger partial charge on any atom is -0.144 e. The molecule has 0 aromatic rings. The Morgan fingerprint density at radius 3 is 2.15 bits per heavy atom. The predicted molar refractivity (Wildman–Crippen MR) is 65.1 cm³/mol. The van der Waals surface area contributed by atoms with Crippen LogP contribution >= 0.6 is 12.6 Å². The molecule has 0 saturated heterocycles. The second-order valence-electron chi connectivity index (χ2n) is 2.98. The molecule has 1 heteroatoms. The van der Waals surface area contributed by atoms with Crippen molar-refractivity contribution in [2.24, 2.45) is 0 Å². The van der Waals surface area contributed by atoms with Crippen LogP contribution in [0.4, 0.5) is 0 Å². The quantitative estimate of drug-likeness (QED) is 0.501. The van der Waals surface area contributed by atoms with E-state index in [1.807, 2.05) is 19.1 Å². The Kier molecular flexibility index (Phi) is 5.56. The highest BCUT2D eigenvalue weighted by molar-refractivity contribution is 7.84. The van der Waals surface area contributed by atoms with Crippen LogP contribution < -0.4 is 0 Å². The Hall–Kier alpha value is -0.690. The molecular weight excluding hydrogens is 176 g/mol. The van der Waals surface area contributed by atoms with Gasteiger partial charge in [0.15, 0.2) is 0 Å². The first-order valence-corrected chi connectivity index (χ1v) is 4.87. The van der Waals surface area contributed by atoms with Crippen molar-refractivity contribution in [3.05, 3.63) is 46.9 Å². The van der Waals surface area contributed by atoms with Crippen LogP contribution in [0.2, 0.25) is 0 Å². The molecule has 0 atom stereocenters. The summed E-state index contributed by atoms with van der Waals surface area (Å²) in [6.45, 7) is 13.8. The molecule has 0 heterocycles. The van der Waals surface area contributed by atoms with E-state index in [4.69, 9.17) is 0 Å². The molecule has 13 heavy (non-hydrogen) atoms. The van der Waals surface area contributed by atoms with E-state index in [9.17, 15) is 0 Å². The SMILES string of the molecule is C=C/C=C(CC)\C(C)=C(/C)C(=C)S. The zero-order valence-corrected chi connectivity index (χ0v) is 9.62. The second kappa shape index (κ2) is 5.87. The molecule has 0 saturated carbocycles. The summed E-state index contributed by atoms with van der Waals surface area (Å²) >= 11 is 4.23. The first-order chi connectivity index (χ1) is 6.04. The van der Waals surface area contributed by atoms with E-state index < -0.39 is 0 Å². The van der Waals surface area contributed by atoms with E-state index >= 15 is 0 Å². The maximum atomic E-state index is 4.23. The third-order valence-electron chi connectivity index (χ3n) is 2.18. The van der Waals surface area contributed by atoms with E-state index in [-0.39, 0.29) is 0 Å².